The van der Waals surface area contributed by atoms with Crippen molar-refractivity contribution in [2.24, 2.45) is 0 Å². The van der Waals surface area contributed by atoms with Gasteiger partial charge in [-0.1, -0.05) is 13.0 Å². The Hall–Kier alpha value is -0.146. The number of carbonyl (C=O) groups excluding carboxylic acids is 1. The first kappa shape index (κ1) is 13.9. The van der Waals surface area contributed by atoms with Crippen LogP contribution in [-0.2, 0) is 37.4 Å². The average Bonchev–Trinajstić information content (AvgIpc) is 2.46. The molecule has 3 nitrogen and oxygen atoms in total. The fourth-order valence-electron chi connectivity index (χ4n) is 1.25. The number of nitrogens with zero attached hydrogens (tertiary/aromatic N) is 1. The summed E-state index contributed by atoms with van der Waals surface area (Å²) in [6, 6.07) is 1.83. The van der Waals surface area contributed by atoms with Crippen molar-refractivity contribution in [1.29, 1.82) is 0 Å². The van der Waals surface area contributed by atoms with Gasteiger partial charge in [0, 0.05) is 38.9 Å². The van der Waals surface area contributed by atoms with E-state index in [1.165, 1.54) is 7.11 Å². The Labute approximate surface area is 110 Å². The molecule has 0 saturated carbocycles. The van der Waals surface area contributed by atoms with Crippen LogP contribution in [0.1, 0.15) is 29.0 Å². The molecule has 0 fully saturated rings. The van der Waals surface area contributed by atoms with E-state index in [9.17, 15) is 4.79 Å². The number of rotatable bonds is 2. The van der Waals surface area contributed by atoms with Gasteiger partial charge in [-0.05, 0) is 18.6 Å². The van der Waals surface area contributed by atoms with E-state index >= 15 is 0 Å². The number of aryl methyl sites for hydroxylation is 1. The second kappa shape index (κ2) is 5.67. The van der Waals surface area contributed by atoms with Gasteiger partial charge in [-0.15, -0.1) is 0 Å². The quantitative estimate of drug-likeness (QED) is 0.607. The Kier molecular flexibility index (Phi) is 5.61. The van der Waals surface area contributed by atoms with E-state index < -0.39 is 0 Å². The molecule has 14 heavy (non-hydrogen) atoms. The molecule has 1 aromatic heterocycles. The standard InChI is InChI=1S/C10H14NO2.Y/c1-7(2)11-6-8(3)5-9(11)10(12)13-4;/h5-7H,1H2,2-4H3;/q-1;. The van der Waals surface area contributed by atoms with Crippen molar-refractivity contribution in [2.45, 2.75) is 19.9 Å². The molecule has 4 heteroatoms. The van der Waals surface area contributed by atoms with Crippen molar-refractivity contribution in [2.75, 3.05) is 7.11 Å². The first-order chi connectivity index (χ1) is 6.06. The summed E-state index contributed by atoms with van der Waals surface area (Å²) in [6.45, 7) is 7.71. The number of methoxy groups -OCH3 is 1. The number of carbonyl (C=O) groups is 1. The molecule has 0 aliphatic rings. The monoisotopic (exact) mass is 269 g/mol. The molecule has 0 N–H and O–H groups in total. The van der Waals surface area contributed by atoms with Crippen LogP contribution in [0.3, 0.4) is 0 Å². The van der Waals surface area contributed by atoms with Crippen molar-refractivity contribution >= 4 is 5.97 Å². The third-order valence-corrected chi connectivity index (χ3v) is 1.85. The average molecular weight is 269 g/mol. The number of hydrogen-bond acceptors (Lipinski definition) is 2. The van der Waals surface area contributed by atoms with Crippen LogP contribution in [0, 0.1) is 13.8 Å². The molecule has 1 atom stereocenters. The zero-order valence-electron chi connectivity index (χ0n) is 8.78. The summed E-state index contributed by atoms with van der Waals surface area (Å²) < 4.78 is 6.46. The van der Waals surface area contributed by atoms with Crippen LogP contribution in [0.2, 0.25) is 0 Å². The van der Waals surface area contributed by atoms with Gasteiger partial charge in [0.1, 0.15) is 5.69 Å². The molecule has 0 bridgehead atoms. The summed E-state index contributed by atoms with van der Waals surface area (Å²) in [4.78, 5) is 11.3. The van der Waals surface area contributed by atoms with E-state index in [0.29, 0.717) is 5.69 Å². The van der Waals surface area contributed by atoms with E-state index in [-0.39, 0.29) is 44.7 Å². The molecular formula is C10H14NO2Y-. The topological polar surface area (TPSA) is 31.2 Å². The third-order valence-electron chi connectivity index (χ3n) is 1.85. The van der Waals surface area contributed by atoms with Crippen LogP contribution in [0.5, 0.6) is 0 Å². The second-order valence-corrected chi connectivity index (χ2v) is 3.15. The molecular weight excluding hydrogens is 255 g/mol. The SMILES string of the molecule is [CH2-]C(C)n1cc(C)cc1C(=O)OC.[Y]. The maximum atomic E-state index is 11.3. The number of ether oxygens (including phenoxy) is 1. The molecule has 1 aromatic rings. The van der Waals surface area contributed by atoms with Gasteiger partial charge in [0.15, 0.2) is 0 Å². The van der Waals surface area contributed by atoms with Gasteiger partial charge in [0.05, 0.1) is 7.11 Å². The largest absolute Gasteiger partial charge is 0.464 e. The van der Waals surface area contributed by atoms with Crippen molar-refractivity contribution in [3.8, 4) is 0 Å². The first-order valence-corrected chi connectivity index (χ1v) is 4.16. The summed E-state index contributed by atoms with van der Waals surface area (Å²) in [5.41, 5.74) is 1.60. The molecule has 0 aliphatic heterocycles. The molecule has 1 unspecified atom stereocenters. The number of esters is 1. The first-order valence-electron chi connectivity index (χ1n) is 4.16. The Morgan fingerprint density at radius 3 is 2.64 bits per heavy atom. The Morgan fingerprint density at radius 1 is 1.64 bits per heavy atom. The molecule has 1 rings (SSSR count). The van der Waals surface area contributed by atoms with Gasteiger partial charge in [-0.25, -0.2) is 4.79 Å². The van der Waals surface area contributed by atoms with E-state index in [1.54, 1.807) is 10.6 Å². The molecule has 0 saturated heterocycles. The van der Waals surface area contributed by atoms with Crippen molar-refractivity contribution in [1.82, 2.24) is 4.57 Å². The van der Waals surface area contributed by atoms with Gasteiger partial charge in [0.2, 0.25) is 0 Å². The molecule has 1 radical (unpaired) electrons. The smallest absolute Gasteiger partial charge is 0.354 e. The normalized spacial score (nSPS) is 11.7. The molecule has 1 heterocycles. The van der Waals surface area contributed by atoms with Crippen molar-refractivity contribution < 1.29 is 42.2 Å². The molecule has 0 aromatic carbocycles. The minimum absolute atomic E-state index is 0. The van der Waals surface area contributed by atoms with Crippen LogP contribution in [0.25, 0.3) is 0 Å². The minimum Gasteiger partial charge on any atom is -0.464 e. The summed E-state index contributed by atoms with van der Waals surface area (Å²) in [5.74, 6) is -0.316. The van der Waals surface area contributed by atoms with Gasteiger partial charge in [-0.3, -0.25) is 0 Å². The Bertz CT molecular complexity index is 318. The zero-order valence-corrected chi connectivity index (χ0v) is 11.6. The van der Waals surface area contributed by atoms with E-state index in [1.807, 2.05) is 20.0 Å². The number of hydrogen-bond donors (Lipinski definition) is 0. The van der Waals surface area contributed by atoms with E-state index in [0.717, 1.165) is 5.56 Å². The fourth-order valence-corrected chi connectivity index (χ4v) is 1.25. The van der Waals surface area contributed by atoms with E-state index in [2.05, 4.69) is 11.7 Å². The predicted octanol–water partition coefficient (Wildman–Crippen LogP) is 1.98. The summed E-state index contributed by atoms with van der Waals surface area (Å²) >= 11 is 0. The fraction of sp³-hybridized carbons (Fsp3) is 0.400. The summed E-state index contributed by atoms with van der Waals surface area (Å²) in [7, 11) is 1.38. The van der Waals surface area contributed by atoms with Crippen molar-refractivity contribution in [3.63, 3.8) is 0 Å². The zero-order chi connectivity index (χ0) is 10.0. The molecule has 0 spiro atoms. The predicted molar refractivity (Wildman–Crippen MR) is 50.6 cm³/mol. The Balaban J connectivity index is 0.00000169. The van der Waals surface area contributed by atoms with Gasteiger partial charge in [-0.2, -0.15) is 0 Å². The summed E-state index contributed by atoms with van der Waals surface area (Å²) in [5, 5.41) is 0. The van der Waals surface area contributed by atoms with Gasteiger partial charge in [0.25, 0.3) is 0 Å². The third kappa shape index (κ3) is 2.92. The number of aromatic nitrogens is 1. The van der Waals surface area contributed by atoms with Crippen molar-refractivity contribution in [3.05, 3.63) is 30.4 Å². The van der Waals surface area contributed by atoms with Crippen LogP contribution in [-0.4, -0.2) is 17.6 Å². The maximum absolute atomic E-state index is 11.3. The van der Waals surface area contributed by atoms with Gasteiger partial charge >= 0.3 is 5.97 Å². The van der Waals surface area contributed by atoms with Crippen LogP contribution in [0.15, 0.2) is 12.3 Å². The maximum Gasteiger partial charge on any atom is 0.354 e. The minimum atomic E-state index is -0.316. The molecule has 0 amide bonds. The molecule has 75 valence electrons. The van der Waals surface area contributed by atoms with E-state index in [4.69, 9.17) is 0 Å². The Morgan fingerprint density at radius 2 is 2.21 bits per heavy atom. The van der Waals surface area contributed by atoms with Crippen LogP contribution in [0.4, 0.5) is 0 Å². The van der Waals surface area contributed by atoms with Crippen LogP contribution >= 0.6 is 0 Å². The second-order valence-electron chi connectivity index (χ2n) is 3.15. The van der Waals surface area contributed by atoms with Gasteiger partial charge < -0.3 is 16.2 Å². The van der Waals surface area contributed by atoms with Crippen LogP contribution < -0.4 is 0 Å². The molecule has 0 aliphatic carbocycles. The summed E-state index contributed by atoms with van der Waals surface area (Å²) in [6.07, 6.45) is 1.89.